The third-order valence-corrected chi connectivity index (χ3v) is 2.91. The second-order valence-electron chi connectivity index (χ2n) is 4.13. The number of hydrogen-bond donors (Lipinski definition) is 2. The van der Waals surface area contributed by atoms with E-state index in [0.29, 0.717) is 5.92 Å². The van der Waals surface area contributed by atoms with Gasteiger partial charge in [-0.3, -0.25) is 4.79 Å². The molecular weight excluding hydrogens is 192 g/mol. The number of aromatic hydroxyl groups is 1. The summed E-state index contributed by atoms with van der Waals surface area (Å²) in [4.78, 5) is 10.7. The van der Waals surface area contributed by atoms with Crippen molar-refractivity contribution in [3.8, 4) is 5.75 Å². The minimum atomic E-state index is -0.750. The smallest absolute Gasteiger partial charge is 0.303 e. The van der Waals surface area contributed by atoms with Crippen LogP contribution in [0.4, 0.5) is 0 Å². The molecular formula is C12H14O3. The maximum absolute atomic E-state index is 10.7. The van der Waals surface area contributed by atoms with Crippen LogP contribution in [0.25, 0.3) is 0 Å². The standard InChI is InChI=1S/C12H14O3/c13-10-5-3-9(4-6-10)11(7-12(14)15)8-1-2-8/h3-6,8,11,13H,1-2,7H2,(H,14,15)/t11-/m0/s1. The van der Waals surface area contributed by atoms with E-state index >= 15 is 0 Å². The number of phenols is 1. The van der Waals surface area contributed by atoms with Crippen molar-refractivity contribution in [2.45, 2.75) is 25.2 Å². The molecule has 3 heteroatoms. The Labute approximate surface area is 88.4 Å². The van der Waals surface area contributed by atoms with Crippen LogP contribution in [0.5, 0.6) is 5.75 Å². The van der Waals surface area contributed by atoms with Crippen LogP contribution in [-0.2, 0) is 4.79 Å². The van der Waals surface area contributed by atoms with Crippen LogP contribution in [0.2, 0.25) is 0 Å². The summed E-state index contributed by atoms with van der Waals surface area (Å²) in [5, 5.41) is 18.0. The second-order valence-corrected chi connectivity index (χ2v) is 4.13. The van der Waals surface area contributed by atoms with E-state index in [1.54, 1.807) is 12.1 Å². The molecule has 3 nitrogen and oxygen atoms in total. The molecule has 80 valence electrons. The Morgan fingerprint density at radius 3 is 2.40 bits per heavy atom. The van der Waals surface area contributed by atoms with Crippen LogP contribution in [0.3, 0.4) is 0 Å². The van der Waals surface area contributed by atoms with Gasteiger partial charge in [0.1, 0.15) is 5.75 Å². The third-order valence-electron chi connectivity index (χ3n) is 2.91. The maximum Gasteiger partial charge on any atom is 0.303 e. The molecule has 2 N–H and O–H groups in total. The molecule has 0 unspecified atom stereocenters. The monoisotopic (exact) mass is 206 g/mol. The van der Waals surface area contributed by atoms with Gasteiger partial charge in [0, 0.05) is 0 Å². The fourth-order valence-corrected chi connectivity index (χ4v) is 1.96. The van der Waals surface area contributed by atoms with Gasteiger partial charge in [-0.15, -0.1) is 0 Å². The molecule has 0 radical (unpaired) electrons. The number of carboxylic acid groups (broad SMARTS) is 1. The molecule has 1 aliphatic rings. The van der Waals surface area contributed by atoms with Crippen LogP contribution in [-0.4, -0.2) is 16.2 Å². The topological polar surface area (TPSA) is 57.5 Å². The molecule has 1 aromatic carbocycles. The lowest BCUT2D eigenvalue weighted by molar-refractivity contribution is -0.137. The van der Waals surface area contributed by atoms with Gasteiger partial charge in [-0.2, -0.15) is 0 Å². The fraction of sp³-hybridized carbons (Fsp3) is 0.417. The van der Waals surface area contributed by atoms with E-state index in [0.717, 1.165) is 18.4 Å². The maximum atomic E-state index is 10.7. The fourth-order valence-electron chi connectivity index (χ4n) is 1.96. The summed E-state index contributed by atoms with van der Waals surface area (Å²) >= 11 is 0. The van der Waals surface area contributed by atoms with E-state index in [4.69, 9.17) is 10.2 Å². The van der Waals surface area contributed by atoms with Crippen molar-refractivity contribution in [2.24, 2.45) is 5.92 Å². The predicted molar refractivity (Wildman–Crippen MR) is 55.8 cm³/mol. The molecule has 0 spiro atoms. The van der Waals surface area contributed by atoms with Gasteiger partial charge in [-0.1, -0.05) is 12.1 Å². The van der Waals surface area contributed by atoms with Gasteiger partial charge >= 0.3 is 5.97 Å². The Kier molecular flexibility index (Phi) is 2.62. The Hall–Kier alpha value is -1.51. The highest BCUT2D eigenvalue weighted by Gasteiger charge is 2.33. The first-order chi connectivity index (χ1) is 7.16. The van der Waals surface area contributed by atoms with Gasteiger partial charge in [0.2, 0.25) is 0 Å². The molecule has 1 atom stereocenters. The lowest BCUT2D eigenvalue weighted by Gasteiger charge is -2.14. The van der Waals surface area contributed by atoms with E-state index < -0.39 is 5.97 Å². The Morgan fingerprint density at radius 1 is 1.33 bits per heavy atom. The highest BCUT2D eigenvalue weighted by atomic mass is 16.4. The Balaban J connectivity index is 2.16. The first kappa shape index (κ1) is 10.0. The minimum absolute atomic E-state index is 0.114. The van der Waals surface area contributed by atoms with Crippen LogP contribution >= 0.6 is 0 Å². The summed E-state index contributed by atoms with van der Waals surface area (Å²) in [6.07, 6.45) is 2.44. The summed E-state index contributed by atoms with van der Waals surface area (Å²) < 4.78 is 0. The van der Waals surface area contributed by atoms with Crippen molar-refractivity contribution < 1.29 is 15.0 Å². The van der Waals surface area contributed by atoms with Crippen molar-refractivity contribution in [1.29, 1.82) is 0 Å². The second kappa shape index (κ2) is 3.93. The lowest BCUT2D eigenvalue weighted by atomic mass is 9.91. The average Bonchev–Trinajstić information content (AvgIpc) is 2.99. The zero-order chi connectivity index (χ0) is 10.8. The third kappa shape index (κ3) is 2.49. The molecule has 0 bridgehead atoms. The molecule has 0 saturated heterocycles. The molecule has 1 fully saturated rings. The summed E-state index contributed by atoms with van der Waals surface area (Å²) in [5.74, 6) is 0.109. The van der Waals surface area contributed by atoms with Crippen LogP contribution in [0.15, 0.2) is 24.3 Å². The van der Waals surface area contributed by atoms with Crippen molar-refractivity contribution in [2.75, 3.05) is 0 Å². The van der Waals surface area contributed by atoms with E-state index in [1.165, 1.54) is 0 Å². The highest BCUT2D eigenvalue weighted by Crippen LogP contribution is 2.44. The van der Waals surface area contributed by atoms with Gasteiger partial charge in [0.05, 0.1) is 6.42 Å². The molecule has 2 rings (SSSR count). The number of rotatable bonds is 4. The minimum Gasteiger partial charge on any atom is -0.508 e. The number of phenolic OH excluding ortho intramolecular Hbond substituents is 1. The largest absolute Gasteiger partial charge is 0.508 e. The van der Waals surface area contributed by atoms with Crippen LogP contribution < -0.4 is 0 Å². The molecule has 0 amide bonds. The molecule has 15 heavy (non-hydrogen) atoms. The van der Waals surface area contributed by atoms with Crippen molar-refractivity contribution in [1.82, 2.24) is 0 Å². The molecule has 1 aliphatic carbocycles. The van der Waals surface area contributed by atoms with Crippen molar-refractivity contribution in [3.05, 3.63) is 29.8 Å². The first-order valence-electron chi connectivity index (χ1n) is 5.17. The molecule has 0 heterocycles. The summed E-state index contributed by atoms with van der Waals surface area (Å²) in [5.41, 5.74) is 1.03. The van der Waals surface area contributed by atoms with Crippen molar-refractivity contribution in [3.63, 3.8) is 0 Å². The quantitative estimate of drug-likeness (QED) is 0.795. The lowest BCUT2D eigenvalue weighted by Crippen LogP contribution is -2.08. The van der Waals surface area contributed by atoms with E-state index in [-0.39, 0.29) is 18.1 Å². The van der Waals surface area contributed by atoms with Crippen LogP contribution in [0, 0.1) is 5.92 Å². The summed E-state index contributed by atoms with van der Waals surface area (Å²) in [6.45, 7) is 0. The number of carbonyl (C=O) groups is 1. The zero-order valence-electron chi connectivity index (χ0n) is 8.39. The molecule has 1 saturated carbocycles. The number of carboxylic acids is 1. The van der Waals surface area contributed by atoms with Gasteiger partial charge in [0.25, 0.3) is 0 Å². The first-order valence-corrected chi connectivity index (χ1v) is 5.17. The molecule has 0 aromatic heterocycles. The number of aliphatic carboxylic acids is 1. The molecule has 0 aliphatic heterocycles. The summed E-state index contributed by atoms with van der Waals surface area (Å²) in [6, 6.07) is 6.88. The summed E-state index contributed by atoms with van der Waals surface area (Å²) in [7, 11) is 0. The normalized spacial score (nSPS) is 17.3. The Bertz CT molecular complexity index is 352. The average molecular weight is 206 g/mol. The van der Waals surface area contributed by atoms with Gasteiger partial charge < -0.3 is 10.2 Å². The number of hydrogen-bond acceptors (Lipinski definition) is 2. The van der Waals surface area contributed by atoms with E-state index in [1.807, 2.05) is 12.1 Å². The van der Waals surface area contributed by atoms with Gasteiger partial charge in [-0.25, -0.2) is 0 Å². The van der Waals surface area contributed by atoms with Gasteiger partial charge in [-0.05, 0) is 42.4 Å². The predicted octanol–water partition coefficient (Wildman–Crippen LogP) is 2.36. The van der Waals surface area contributed by atoms with Gasteiger partial charge in [0.15, 0.2) is 0 Å². The Morgan fingerprint density at radius 2 is 1.93 bits per heavy atom. The van der Waals surface area contributed by atoms with E-state index in [2.05, 4.69) is 0 Å². The zero-order valence-corrected chi connectivity index (χ0v) is 8.39. The van der Waals surface area contributed by atoms with Crippen LogP contribution in [0.1, 0.15) is 30.7 Å². The molecule has 1 aromatic rings. The number of benzene rings is 1. The van der Waals surface area contributed by atoms with Crippen molar-refractivity contribution >= 4 is 5.97 Å². The highest BCUT2D eigenvalue weighted by molar-refractivity contribution is 5.68. The SMILES string of the molecule is O=C(O)C[C@H](c1ccc(O)cc1)C1CC1. The van der Waals surface area contributed by atoms with E-state index in [9.17, 15) is 4.79 Å².